The summed E-state index contributed by atoms with van der Waals surface area (Å²) < 4.78 is 23.7. The number of aliphatic imine (C=N–C) groups is 1. The van der Waals surface area contributed by atoms with Gasteiger partial charge in [0.25, 0.3) is 0 Å². The van der Waals surface area contributed by atoms with Crippen molar-refractivity contribution in [2.75, 3.05) is 52.1 Å². The molecule has 164 valence electrons. The Morgan fingerprint density at radius 3 is 2.31 bits per heavy atom. The lowest BCUT2D eigenvalue weighted by Gasteiger charge is -2.36. The minimum Gasteiger partial charge on any atom is -0.355 e. The van der Waals surface area contributed by atoms with Crippen LogP contribution in [0.4, 0.5) is 0 Å². The number of sulfone groups is 1. The van der Waals surface area contributed by atoms with Gasteiger partial charge in [-0.25, -0.2) is 8.42 Å². The van der Waals surface area contributed by atoms with Crippen LogP contribution in [0.1, 0.15) is 26.3 Å². The molecule has 6 nitrogen and oxygen atoms in total. The van der Waals surface area contributed by atoms with E-state index in [4.69, 9.17) is 0 Å². The van der Waals surface area contributed by atoms with Gasteiger partial charge in [0.1, 0.15) is 0 Å². The Kier molecular flexibility index (Phi) is 10.6. The average molecular weight is 535 g/mol. The van der Waals surface area contributed by atoms with Crippen molar-refractivity contribution in [1.82, 2.24) is 15.1 Å². The zero-order valence-corrected chi connectivity index (χ0v) is 21.1. The summed E-state index contributed by atoms with van der Waals surface area (Å²) in [5, 5.41) is 3.21. The minimum absolute atomic E-state index is 0. The van der Waals surface area contributed by atoms with Gasteiger partial charge in [-0.2, -0.15) is 0 Å². The summed E-state index contributed by atoms with van der Waals surface area (Å²) in [5.41, 5.74) is 1.22. The summed E-state index contributed by atoms with van der Waals surface area (Å²) >= 11 is 0. The summed E-state index contributed by atoms with van der Waals surface area (Å²) in [5.74, 6) is 0.892. The highest BCUT2D eigenvalue weighted by Gasteiger charge is 2.28. The molecule has 0 bridgehead atoms. The molecule has 1 aromatic carbocycles. The maximum atomic E-state index is 12.2. The largest absolute Gasteiger partial charge is 0.355 e. The van der Waals surface area contributed by atoms with Gasteiger partial charge in [-0.05, 0) is 26.3 Å². The van der Waals surface area contributed by atoms with E-state index in [0.717, 1.165) is 38.7 Å². The molecule has 1 N–H and O–H groups in total. The quantitative estimate of drug-likeness (QED) is 0.346. The molecule has 8 heteroatoms. The zero-order chi connectivity index (χ0) is 20.6. The van der Waals surface area contributed by atoms with Crippen LogP contribution < -0.4 is 5.32 Å². The van der Waals surface area contributed by atoms with Crippen molar-refractivity contribution in [2.24, 2.45) is 4.99 Å². The standard InChI is InChI=1S/C21H34N4O2S.HI/c1-21(2,3)28(26,27)18-12-23-20(22-4)25-16-14-24(15-17-25)13-8-11-19-9-6-5-7-10-19;/h5-11H,12-18H2,1-4H3,(H,22,23);1H/b11-8+;. The molecule has 2 rings (SSSR count). The first kappa shape index (κ1) is 25.9. The Balaban J connectivity index is 0.00000420. The molecule has 1 saturated heterocycles. The molecule has 0 spiro atoms. The van der Waals surface area contributed by atoms with Crippen molar-refractivity contribution in [3.63, 3.8) is 0 Å². The van der Waals surface area contributed by atoms with Crippen molar-refractivity contribution >= 4 is 45.8 Å². The summed E-state index contributed by atoms with van der Waals surface area (Å²) in [6, 6.07) is 10.3. The van der Waals surface area contributed by atoms with Crippen LogP contribution in [0.25, 0.3) is 6.08 Å². The Hall–Kier alpha value is -1.13. The number of rotatable bonds is 6. The molecule has 1 aliphatic rings. The fourth-order valence-corrected chi connectivity index (χ4v) is 3.96. The van der Waals surface area contributed by atoms with E-state index in [1.165, 1.54) is 5.56 Å². The fourth-order valence-electron chi connectivity index (χ4n) is 2.98. The molecule has 1 fully saturated rings. The summed E-state index contributed by atoms with van der Waals surface area (Å²) in [4.78, 5) is 8.93. The normalized spacial score (nSPS) is 16.7. The first-order chi connectivity index (χ1) is 13.2. The van der Waals surface area contributed by atoms with Gasteiger partial charge in [0.15, 0.2) is 15.8 Å². The molecule has 1 heterocycles. The molecule has 0 amide bonds. The van der Waals surface area contributed by atoms with E-state index in [0.29, 0.717) is 6.54 Å². The van der Waals surface area contributed by atoms with Gasteiger partial charge in [-0.1, -0.05) is 42.5 Å². The second kappa shape index (κ2) is 11.9. The van der Waals surface area contributed by atoms with Crippen LogP contribution in [0.5, 0.6) is 0 Å². The van der Waals surface area contributed by atoms with E-state index in [2.05, 4.69) is 44.4 Å². The third kappa shape index (κ3) is 8.25. The highest BCUT2D eigenvalue weighted by atomic mass is 127. The molecular weight excluding hydrogens is 499 g/mol. The fraction of sp³-hybridized carbons (Fsp3) is 0.571. The summed E-state index contributed by atoms with van der Waals surface area (Å²) in [6.07, 6.45) is 4.36. The second-order valence-corrected chi connectivity index (χ2v) is 10.9. The van der Waals surface area contributed by atoms with Crippen molar-refractivity contribution in [3.8, 4) is 0 Å². The molecule has 1 aromatic rings. The van der Waals surface area contributed by atoms with Gasteiger partial charge in [0.05, 0.1) is 10.5 Å². The van der Waals surface area contributed by atoms with Gasteiger partial charge in [0, 0.05) is 46.3 Å². The van der Waals surface area contributed by atoms with E-state index in [9.17, 15) is 8.42 Å². The number of benzene rings is 1. The number of nitrogens with zero attached hydrogens (tertiary/aromatic N) is 3. The molecule has 0 radical (unpaired) electrons. The predicted octanol–water partition coefficient (Wildman–Crippen LogP) is 2.72. The minimum atomic E-state index is -3.13. The molecule has 0 unspecified atom stereocenters. The monoisotopic (exact) mass is 534 g/mol. The number of piperazine rings is 1. The Bertz CT molecular complexity index is 766. The number of hydrogen-bond donors (Lipinski definition) is 1. The molecule has 1 aliphatic heterocycles. The highest BCUT2D eigenvalue weighted by molar-refractivity contribution is 14.0. The van der Waals surface area contributed by atoms with E-state index >= 15 is 0 Å². The molecule has 0 saturated carbocycles. The third-order valence-electron chi connectivity index (χ3n) is 4.94. The Morgan fingerprint density at radius 2 is 1.76 bits per heavy atom. The van der Waals surface area contributed by atoms with Gasteiger partial charge < -0.3 is 10.2 Å². The number of hydrogen-bond acceptors (Lipinski definition) is 4. The van der Waals surface area contributed by atoms with Gasteiger partial charge in [0.2, 0.25) is 0 Å². The number of nitrogens with one attached hydrogen (secondary N) is 1. The van der Waals surface area contributed by atoms with Crippen molar-refractivity contribution < 1.29 is 8.42 Å². The van der Waals surface area contributed by atoms with Crippen LogP contribution in [0.3, 0.4) is 0 Å². The second-order valence-electron chi connectivity index (χ2n) is 8.01. The third-order valence-corrected chi connectivity index (χ3v) is 7.55. The van der Waals surface area contributed by atoms with Crippen molar-refractivity contribution in [2.45, 2.75) is 25.5 Å². The highest BCUT2D eigenvalue weighted by Crippen LogP contribution is 2.15. The predicted molar refractivity (Wildman–Crippen MR) is 134 cm³/mol. The lowest BCUT2D eigenvalue weighted by Crippen LogP contribution is -2.53. The van der Waals surface area contributed by atoms with Crippen molar-refractivity contribution in [3.05, 3.63) is 42.0 Å². The van der Waals surface area contributed by atoms with Crippen molar-refractivity contribution in [1.29, 1.82) is 0 Å². The average Bonchev–Trinajstić information content (AvgIpc) is 2.66. The van der Waals surface area contributed by atoms with Gasteiger partial charge >= 0.3 is 0 Å². The molecule has 29 heavy (non-hydrogen) atoms. The van der Waals surface area contributed by atoms with E-state index < -0.39 is 14.6 Å². The summed E-state index contributed by atoms with van der Waals surface area (Å²) in [6.45, 7) is 10.2. The molecule has 0 aliphatic carbocycles. The van der Waals surface area contributed by atoms with Crippen LogP contribution in [0.15, 0.2) is 41.4 Å². The Morgan fingerprint density at radius 1 is 1.14 bits per heavy atom. The SMILES string of the molecule is CN=C(NCCS(=O)(=O)C(C)(C)C)N1CCN(C/C=C/c2ccccc2)CC1.I. The first-order valence-corrected chi connectivity index (χ1v) is 11.5. The first-order valence-electron chi connectivity index (χ1n) is 9.85. The van der Waals surface area contributed by atoms with Gasteiger partial charge in [-0.15, -0.1) is 24.0 Å². The molecule has 0 aromatic heterocycles. The number of guanidine groups is 1. The molecule has 0 atom stereocenters. The lowest BCUT2D eigenvalue weighted by molar-refractivity contribution is 0.194. The van der Waals surface area contributed by atoms with Crippen LogP contribution in [-0.2, 0) is 9.84 Å². The van der Waals surface area contributed by atoms with Gasteiger partial charge in [-0.3, -0.25) is 9.89 Å². The smallest absolute Gasteiger partial charge is 0.193 e. The van der Waals surface area contributed by atoms with Crippen LogP contribution >= 0.6 is 24.0 Å². The summed E-state index contributed by atoms with van der Waals surface area (Å²) in [7, 11) is -1.38. The van der Waals surface area contributed by atoms with E-state index in [1.54, 1.807) is 27.8 Å². The van der Waals surface area contributed by atoms with E-state index in [-0.39, 0.29) is 29.7 Å². The zero-order valence-electron chi connectivity index (χ0n) is 18.0. The van der Waals surface area contributed by atoms with E-state index in [1.807, 2.05) is 18.2 Å². The van der Waals surface area contributed by atoms with Crippen LogP contribution in [0, 0.1) is 0 Å². The topological polar surface area (TPSA) is 65.0 Å². The molecular formula is C21H35IN4O2S. The van der Waals surface area contributed by atoms with Crippen LogP contribution in [0.2, 0.25) is 0 Å². The van der Waals surface area contributed by atoms with Crippen LogP contribution in [-0.4, -0.2) is 81.0 Å². The lowest BCUT2D eigenvalue weighted by atomic mass is 10.2. The maximum absolute atomic E-state index is 12.2. The maximum Gasteiger partial charge on any atom is 0.193 e. The number of halogens is 1. The Labute approximate surface area is 193 Å².